The molecule has 0 amide bonds. The molecule has 0 aliphatic heterocycles. The van der Waals surface area contributed by atoms with E-state index in [2.05, 4.69) is 5.92 Å². The molecule has 0 N–H and O–H groups in total. The number of terminal acetylenes is 1. The van der Waals surface area contributed by atoms with Crippen molar-refractivity contribution in [1.82, 2.24) is 0 Å². The SMILES string of the molecule is C#Cc1cccc(OCc2ccccc2Cl)c1. The Kier molecular flexibility index (Phi) is 3.69. The summed E-state index contributed by atoms with van der Waals surface area (Å²) in [4.78, 5) is 0. The van der Waals surface area contributed by atoms with Crippen LogP contribution in [0.1, 0.15) is 11.1 Å². The Hall–Kier alpha value is -1.91. The predicted molar refractivity (Wildman–Crippen MR) is 70.2 cm³/mol. The van der Waals surface area contributed by atoms with E-state index < -0.39 is 0 Å². The van der Waals surface area contributed by atoms with Gasteiger partial charge >= 0.3 is 0 Å². The Balaban J connectivity index is 2.08. The second-order valence-electron chi connectivity index (χ2n) is 3.55. The smallest absolute Gasteiger partial charge is 0.121 e. The second kappa shape index (κ2) is 5.43. The Labute approximate surface area is 106 Å². The predicted octanol–water partition coefficient (Wildman–Crippen LogP) is 3.90. The lowest BCUT2D eigenvalue weighted by Crippen LogP contribution is -1.96. The lowest BCUT2D eigenvalue weighted by molar-refractivity contribution is 0.306. The van der Waals surface area contributed by atoms with E-state index in [0.29, 0.717) is 11.6 Å². The van der Waals surface area contributed by atoms with Gasteiger partial charge in [0.25, 0.3) is 0 Å². The van der Waals surface area contributed by atoms with Crippen LogP contribution in [0.3, 0.4) is 0 Å². The van der Waals surface area contributed by atoms with Crippen LogP contribution in [0.25, 0.3) is 0 Å². The van der Waals surface area contributed by atoms with Gasteiger partial charge in [-0.2, -0.15) is 0 Å². The highest BCUT2D eigenvalue weighted by Crippen LogP contribution is 2.19. The van der Waals surface area contributed by atoms with Crippen LogP contribution in [-0.4, -0.2) is 0 Å². The van der Waals surface area contributed by atoms with Crippen molar-refractivity contribution in [2.45, 2.75) is 6.61 Å². The summed E-state index contributed by atoms with van der Waals surface area (Å²) in [6, 6.07) is 15.0. The molecule has 2 rings (SSSR count). The van der Waals surface area contributed by atoms with Crippen LogP contribution in [0.2, 0.25) is 5.02 Å². The summed E-state index contributed by atoms with van der Waals surface area (Å²) >= 11 is 6.04. The van der Waals surface area contributed by atoms with E-state index >= 15 is 0 Å². The summed E-state index contributed by atoms with van der Waals surface area (Å²) in [6.07, 6.45) is 5.32. The first kappa shape index (κ1) is 11.6. The zero-order valence-corrected chi connectivity index (χ0v) is 9.95. The Bertz CT molecular complexity index is 555. The zero-order chi connectivity index (χ0) is 12.1. The topological polar surface area (TPSA) is 9.23 Å². The summed E-state index contributed by atoms with van der Waals surface area (Å²) in [7, 11) is 0. The van der Waals surface area contributed by atoms with E-state index in [1.807, 2.05) is 48.5 Å². The van der Waals surface area contributed by atoms with Gasteiger partial charge < -0.3 is 4.74 Å². The van der Waals surface area contributed by atoms with E-state index in [-0.39, 0.29) is 0 Å². The standard InChI is InChI=1S/C15H11ClO/c1-2-12-6-5-8-14(10-12)17-11-13-7-3-4-9-15(13)16/h1,3-10H,11H2. The fraction of sp³-hybridized carbons (Fsp3) is 0.0667. The largest absolute Gasteiger partial charge is 0.489 e. The molecule has 84 valence electrons. The minimum Gasteiger partial charge on any atom is -0.489 e. The van der Waals surface area contributed by atoms with Crippen molar-refractivity contribution in [1.29, 1.82) is 0 Å². The average molecular weight is 243 g/mol. The lowest BCUT2D eigenvalue weighted by atomic mass is 10.2. The highest BCUT2D eigenvalue weighted by Gasteiger charge is 2.00. The number of halogens is 1. The van der Waals surface area contributed by atoms with Gasteiger partial charge in [-0.25, -0.2) is 0 Å². The molecule has 2 aromatic rings. The van der Waals surface area contributed by atoms with E-state index in [9.17, 15) is 0 Å². The Morgan fingerprint density at radius 1 is 1.12 bits per heavy atom. The molecule has 0 fully saturated rings. The van der Waals surface area contributed by atoms with Crippen LogP contribution in [0.4, 0.5) is 0 Å². The van der Waals surface area contributed by atoms with Gasteiger partial charge in [0.2, 0.25) is 0 Å². The molecular formula is C15H11ClO. The third kappa shape index (κ3) is 3.03. The second-order valence-corrected chi connectivity index (χ2v) is 3.96. The van der Waals surface area contributed by atoms with Crippen LogP contribution >= 0.6 is 11.6 Å². The van der Waals surface area contributed by atoms with Gasteiger partial charge in [-0.3, -0.25) is 0 Å². The van der Waals surface area contributed by atoms with Crippen LogP contribution < -0.4 is 4.74 Å². The molecule has 0 aromatic heterocycles. The van der Waals surface area contributed by atoms with Crippen LogP contribution in [0, 0.1) is 12.3 Å². The number of ether oxygens (including phenoxy) is 1. The maximum Gasteiger partial charge on any atom is 0.121 e. The molecule has 0 aliphatic rings. The fourth-order valence-electron chi connectivity index (χ4n) is 1.45. The monoisotopic (exact) mass is 242 g/mol. The highest BCUT2D eigenvalue weighted by molar-refractivity contribution is 6.31. The lowest BCUT2D eigenvalue weighted by Gasteiger charge is -2.07. The summed E-state index contributed by atoms with van der Waals surface area (Å²) in [5.74, 6) is 3.32. The van der Waals surface area contributed by atoms with Gasteiger partial charge in [-0.15, -0.1) is 6.42 Å². The van der Waals surface area contributed by atoms with E-state index in [4.69, 9.17) is 22.8 Å². The van der Waals surface area contributed by atoms with Crippen LogP contribution in [0.15, 0.2) is 48.5 Å². The van der Waals surface area contributed by atoms with E-state index in [1.54, 1.807) is 0 Å². The molecule has 0 spiro atoms. The summed E-state index contributed by atoms with van der Waals surface area (Å²) in [5.41, 5.74) is 1.77. The van der Waals surface area contributed by atoms with Crippen molar-refractivity contribution in [2.75, 3.05) is 0 Å². The highest BCUT2D eigenvalue weighted by atomic mass is 35.5. The minimum atomic E-state index is 0.438. The van der Waals surface area contributed by atoms with Gasteiger partial charge in [0.15, 0.2) is 0 Å². The van der Waals surface area contributed by atoms with E-state index in [0.717, 1.165) is 16.9 Å². The Morgan fingerprint density at radius 2 is 1.94 bits per heavy atom. The molecule has 2 heteroatoms. The molecule has 0 saturated heterocycles. The fourth-order valence-corrected chi connectivity index (χ4v) is 1.64. The molecule has 0 aliphatic carbocycles. The molecular weight excluding hydrogens is 232 g/mol. The van der Waals surface area contributed by atoms with Crippen molar-refractivity contribution in [3.8, 4) is 18.1 Å². The van der Waals surface area contributed by atoms with Crippen molar-refractivity contribution < 1.29 is 4.74 Å². The average Bonchev–Trinajstić information content (AvgIpc) is 2.38. The maximum absolute atomic E-state index is 6.04. The number of benzene rings is 2. The van der Waals surface area contributed by atoms with Gasteiger partial charge in [0, 0.05) is 16.1 Å². The molecule has 2 aromatic carbocycles. The quantitative estimate of drug-likeness (QED) is 0.742. The van der Waals surface area contributed by atoms with E-state index in [1.165, 1.54) is 0 Å². The zero-order valence-electron chi connectivity index (χ0n) is 9.19. The molecule has 17 heavy (non-hydrogen) atoms. The molecule has 0 atom stereocenters. The van der Waals surface area contributed by atoms with Crippen molar-refractivity contribution in [3.63, 3.8) is 0 Å². The van der Waals surface area contributed by atoms with Crippen LogP contribution in [-0.2, 0) is 6.61 Å². The third-order valence-electron chi connectivity index (χ3n) is 2.35. The van der Waals surface area contributed by atoms with Gasteiger partial charge in [-0.1, -0.05) is 41.8 Å². The third-order valence-corrected chi connectivity index (χ3v) is 2.72. The van der Waals surface area contributed by atoms with Gasteiger partial charge in [-0.05, 0) is 24.3 Å². The van der Waals surface area contributed by atoms with Crippen LogP contribution in [0.5, 0.6) is 5.75 Å². The van der Waals surface area contributed by atoms with Crippen molar-refractivity contribution in [3.05, 3.63) is 64.7 Å². The molecule has 0 bridgehead atoms. The summed E-state index contributed by atoms with van der Waals surface area (Å²) < 4.78 is 5.64. The first-order valence-corrected chi connectivity index (χ1v) is 5.60. The number of hydrogen-bond acceptors (Lipinski definition) is 1. The summed E-state index contributed by atoms with van der Waals surface area (Å²) in [6.45, 7) is 0.438. The minimum absolute atomic E-state index is 0.438. The first-order chi connectivity index (χ1) is 8.29. The maximum atomic E-state index is 6.04. The van der Waals surface area contributed by atoms with Gasteiger partial charge in [0.05, 0.1) is 0 Å². The molecule has 0 radical (unpaired) electrons. The van der Waals surface area contributed by atoms with Gasteiger partial charge in [0.1, 0.15) is 12.4 Å². The first-order valence-electron chi connectivity index (χ1n) is 5.22. The summed E-state index contributed by atoms with van der Waals surface area (Å²) in [5, 5.41) is 0.709. The molecule has 0 saturated carbocycles. The molecule has 0 unspecified atom stereocenters. The molecule has 1 nitrogen and oxygen atoms in total. The van der Waals surface area contributed by atoms with Crippen molar-refractivity contribution in [2.24, 2.45) is 0 Å². The number of hydrogen-bond donors (Lipinski definition) is 0. The van der Waals surface area contributed by atoms with Crippen molar-refractivity contribution >= 4 is 11.6 Å². The normalized spacial score (nSPS) is 9.65. The number of rotatable bonds is 3. The molecule has 0 heterocycles. The Morgan fingerprint density at radius 3 is 2.71 bits per heavy atom.